The monoisotopic (exact) mass is 342 g/mol. The van der Waals surface area contributed by atoms with Gasteiger partial charge in [0.25, 0.3) is 0 Å². The van der Waals surface area contributed by atoms with Crippen LogP contribution in [0.4, 0.5) is 0 Å². The van der Waals surface area contributed by atoms with Gasteiger partial charge in [-0.15, -0.1) is 0 Å². The highest BCUT2D eigenvalue weighted by Crippen LogP contribution is 2.66. The highest BCUT2D eigenvalue weighted by molar-refractivity contribution is 5.89. The van der Waals surface area contributed by atoms with Crippen LogP contribution in [0.15, 0.2) is 22.8 Å². The maximum atomic E-state index is 12.8. The zero-order valence-corrected chi connectivity index (χ0v) is 15.7. The van der Waals surface area contributed by atoms with Gasteiger partial charge in [0.05, 0.1) is 0 Å². The molecule has 3 nitrogen and oxygen atoms in total. The Morgan fingerprint density at radius 2 is 2.00 bits per heavy atom. The summed E-state index contributed by atoms with van der Waals surface area (Å²) in [6.07, 6.45) is 8.78. The van der Waals surface area contributed by atoms with Gasteiger partial charge in [-0.1, -0.05) is 25.5 Å². The predicted molar refractivity (Wildman–Crippen MR) is 96.9 cm³/mol. The van der Waals surface area contributed by atoms with E-state index in [-0.39, 0.29) is 11.2 Å². The van der Waals surface area contributed by atoms with Gasteiger partial charge in [0.2, 0.25) is 0 Å². The summed E-state index contributed by atoms with van der Waals surface area (Å²) in [5.41, 5.74) is 3.95. The fourth-order valence-electron chi connectivity index (χ4n) is 6.60. The maximum absolute atomic E-state index is 12.8. The van der Waals surface area contributed by atoms with E-state index < -0.39 is 11.5 Å². The summed E-state index contributed by atoms with van der Waals surface area (Å²) in [6.45, 7) is 6.02. The average molecular weight is 342 g/mol. The first-order chi connectivity index (χ1) is 11.8. The number of carbonyl (C=O) groups is 2. The SMILES string of the molecule is C[C@@H](O)C(=O)[C@@]1(C)CC[C@H]2[C@@H]3CC=C4CC(=O)CCC4=C3CC[C@@]21C. The summed E-state index contributed by atoms with van der Waals surface area (Å²) < 4.78 is 0. The first-order valence-electron chi connectivity index (χ1n) is 9.93. The van der Waals surface area contributed by atoms with E-state index in [0.717, 1.165) is 38.5 Å². The van der Waals surface area contributed by atoms with Crippen LogP contribution < -0.4 is 0 Å². The van der Waals surface area contributed by atoms with E-state index >= 15 is 0 Å². The lowest BCUT2D eigenvalue weighted by atomic mass is 9.52. The van der Waals surface area contributed by atoms with Gasteiger partial charge in [-0.3, -0.25) is 9.59 Å². The maximum Gasteiger partial charge on any atom is 0.167 e. The van der Waals surface area contributed by atoms with E-state index in [4.69, 9.17) is 0 Å². The van der Waals surface area contributed by atoms with Crippen molar-refractivity contribution in [3.05, 3.63) is 22.8 Å². The summed E-state index contributed by atoms with van der Waals surface area (Å²) in [5, 5.41) is 9.96. The molecule has 0 radical (unpaired) electrons. The normalized spacial score (nSPS) is 41.6. The molecule has 0 aliphatic heterocycles. The Kier molecular flexibility index (Phi) is 3.88. The van der Waals surface area contributed by atoms with Crippen LogP contribution in [0.3, 0.4) is 0 Å². The first kappa shape index (κ1) is 17.2. The van der Waals surface area contributed by atoms with E-state index in [1.54, 1.807) is 12.5 Å². The Labute approximate surface area is 150 Å². The molecule has 3 saturated carbocycles. The van der Waals surface area contributed by atoms with Gasteiger partial charge in [0, 0.05) is 18.3 Å². The number of Topliss-reactive ketones (excluding diaryl/α,β-unsaturated/α-hetero) is 2. The molecule has 0 aromatic carbocycles. The summed E-state index contributed by atoms with van der Waals surface area (Å²) >= 11 is 0. The van der Waals surface area contributed by atoms with E-state index in [2.05, 4.69) is 19.9 Å². The van der Waals surface area contributed by atoms with E-state index in [1.165, 1.54) is 11.1 Å². The zero-order chi connectivity index (χ0) is 18.0. The Morgan fingerprint density at radius 3 is 2.72 bits per heavy atom. The molecule has 25 heavy (non-hydrogen) atoms. The number of ketones is 2. The van der Waals surface area contributed by atoms with Gasteiger partial charge in [-0.2, -0.15) is 0 Å². The van der Waals surface area contributed by atoms with Crippen molar-refractivity contribution in [1.29, 1.82) is 0 Å². The Bertz CT molecular complexity index is 698. The first-order valence-corrected chi connectivity index (χ1v) is 9.93. The van der Waals surface area contributed by atoms with Crippen LogP contribution in [-0.4, -0.2) is 22.8 Å². The molecule has 3 heteroatoms. The highest BCUT2D eigenvalue weighted by Gasteiger charge is 2.62. The second kappa shape index (κ2) is 5.64. The molecule has 4 aliphatic carbocycles. The Hall–Kier alpha value is -1.22. The van der Waals surface area contributed by atoms with Crippen molar-refractivity contribution >= 4 is 11.6 Å². The van der Waals surface area contributed by atoms with Crippen molar-refractivity contribution in [3.63, 3.8) is 0 Å². The number of fused-ring (bicyclic) bond motifs is 4. The summed E-state index contributed by atoms with van der Waals surface area (Å²) in [5.74, 6) is 1.47. The molecule has 5 atom stereocenters. The zero-order valence-electron chi connectivity index (χ0n) is 15.7. The number of aliphatic hydroxyl groups is 1. The van der Waals surface area contributed by atoms with Crippen molar-refractivity contribution in [2.75, 3.05) is 0 Å². The van der Waals surface area contributed by atoms with Crippen LogP contribution in [0.2, 0.25) is 0 Å². The minimum atomic E-state index is -0.873. The van der Waals surface area contributed by atoms with Crippen molar-refractivity contribution in [2.45, 2.75) is 78.2 Å². The molecule has 136 valence electrons. The Morgan fingerprint density at radius 1 is 1.24 bits per heavy atom. The number of carbonyl (C=O) groups excluding carboxylic acids is 2. The van der Waals surface area contributed by atoms with Gasteiger partial charge in [0.1, 0.15) is 11.9 Å². The fourth-order valence-corrected chi connectivity index (χ4v) is 6.60. The molecule has 3 fully saturated rings. The van der Waals surface area contributed by atoms with Crippen LogP contribution in [0, 0.1) is 22.7 Å². The van der Waals surface area contributed by atoms with Crippen molar-refractivity contribution in [1.82, 2.24) is 0 Å². The quantitative estimate of drug-likeness (QED) is 0.820. The number of rotatable bonds is 2. The highest BCUT2D eigenvalue weighted by atomic mass is 16.3. The molecule has 4 rings (SSSR count). The van der Waals surface area contributed by atoms with Crippen LogP contribution in [-0.2, 0) is 9.59 Å². The van der Waals surface area contributed by atoms with E-state index in [0.29, 0.717) is 30.5 Å². The number of hydrogen-bond acceptors (Lipinski definition) is 3. The van der Waals surface area contributed by atoms with Crippen LogP contribution in [0.5, 0.6) is 0 Å². The lowest BCUT2D eigenvalue weighted by Crippen LogP contribution is -2.50. The predicted octanol–water partition coefficient (Wildman–Crippen LogP) is 4.15. The van der Waals surface area contributed by atoms with Gasteiger partial charge >= 0.3 is 0 Å². The molecule has 1 N–H and O–H groups in total. The summed E-state index contributed by atoms with van der Waals surface area (Å²) in [4.78, 5) is 24.7. The molecule has 0 unspecified atom stereocenters. The summed E-state index contributed by atoms with van der Waals surface area (Å²) in [7, 11) is 0. The third-order valence-electron chi connectivity index (χ3n) is 8.24. The Balaban J connectivity index is 1.69. The standard InChI is InChI=1S/C22H30O3/c1-13(23)20(25)22(3)11-9-19-18-6-4-14-12-15(24)5-7-16(14)17(18)8-10-21(19,22)2/h4,13,18-19,23H,5-12H2,1-3H3/t13-,18-,19+,21+,22-/m1/s1. The van der Waals surface area contributed by atoms with Crippen LogP contribution >= 0.6 is 0 Å². The van der Waals surface area contributed by atoms with Gasteiger partial charge < -0.3 is 5.11 Å². The smallest absolute Gasteiger partial charge is 0.167 e. The van der Waals surface area contributed by atoms with Crippen LogP contribution in [0.25, 0.3) is 0 Å². The molecule has 0 amide bonds. The van der Waals surface area contributed by atoms with Gasteiger partial charge in [-0.05, 0) is 73.8 Å². The molecule has 4 aliphatic rings. The van der Waals surface area contributed by atoms with Crippen molar-refractivity contribution in [3.8, 4) is 0 Å². The number of allylic oxidation sites excluding steroid dienone is 4. The van der Waals surface area contributed by atoms with Crippen molar-refractivity contribution < 1.29 is 14.7 Å². The van der Waals surface area contributed by atoms with Crippen molar-refractivity contribution in [2.24, 2.45) is 22.7 Å². The van der Waals surface area contributed by atoms with Crippen LogP contribution in [0.1, 0.15) is 72.1 Å². The fraction of sp³-hybridized carbons (Fsp3) is 0.727. The minimum Gasteiger partial charge on any atom is -0.386 e. The minimum absolute atomic E-state index is 0.0222. The second-order valence-corrected chi connectivity index (χ2v) is 9.23. The lowest BCUT2D eigenvalue weighted by molar-refractivity contribution is -0.144. The lowest BCUT2D eigenvalue weighted by Gasteiger charge is -2.52. The molecule has 0 heterocycles. The van der Waals surface area contributed by atoms with Gasteiger partial charge in [0.15, 0.2) is 5.78 Å². The van der Waals surface area contributed by atoms with Gasteiger partial charge in [-0.25, -0.2) is 0 Å². The topological polar surface area (TPSA) is 54.4 Å². The number of hydrogen-bond donors (Lipinski definition) is 1. The molecule has 0 saturated heterocycles. The summed E-state index contributed by atoms with van der Waals surface area (Å²) in [6, 6.07) is 0. The molecular weight excluding hydrogens is 312 g/mol. The molecule has 0 bridgehead atoms. The number of aliphatic hydroxyl groups excluding tert-OH is 1. The molecule has 0 aromatic rings. The third kappa shape index (κ3) is 2.27. The second-order valence-electron chi connectivity index (χ2n) is 9.23. The van der Waals surface area contributed by atoms with E-state index in [1.807, 2.05) is 0 Å². The molecular formula is C22H30O3. The average Bonchev–Trinajstić information content (AvgIpc) is 2.86. The third-order valence-corrected chi connectivity index (χ3v) is 8.24. The molecule has 0 aromatic heterocycles. The van der Waals surface area contributed by atoms with E-state index in [9.17, 15) is 14.7 Å². The largest absolute Gasteiger partial charge is 0.386 e. The molecule has 0 spiro atoms.